The molecule has 0 radical (unpaired) electrons. The Morgan fingerprint density at radius 3 is 2.40 bits per heavy atom. The molecule has 1 saturated heterocycles. The van der Waals surface area contributed by atoms with Gasteiger partial charge in [0, 0.05) is 44.5 Å². The van der Waals surface area contributed by atoms with Gasteiger partial charge in [0.2, 0.25) is 5.91 Å². The van der Waals surface area contributed by atoms with E-state index in [1.54, 1.807) is 0 Å². The molecule has 1 fully saturated rings. The first kappa shape index (κ1) is 17.8. The maximum absolute atomic E-state index is 12.0. The Morgan fingerprint density at radius 2 is 1.84 bits per heavy atom. The van der Waals surface area contributed by atoms with Gasteiger partial charge in [0.25, 0.3) is 0 Å². The Labute approximate surface area is 153 Å². The Kier molecular flexibility index (Phi) is 5.63. The SMILES string of the molecule is CCN(CC)c1ccc(-c2nnc(SCC(=O)N3CCC3)n2C)cc1. The van der Waals surface area contributed by atoms with Crippen LogP contribution in [0.1, 0.15) is 20.3 Å². The molecule has 2 heterocycles. The molecule has 1 amide bonds. The second-order valence-electron chi connectivity index (χ2n) is 6.11. The first-order valence-corrected chi connectivity index (χ1v) is 9.78. The molecule has 134 valence electrons. The van der Waals surface area contributed by atoms with Crippen LogP contribution in [0.25, 0.3) is 11.4 Å². The molecule has 2 aromatic rings. The van der Waals surface area contributed by atoms with Crippen molar-refractivity contribution in [3.05, 3.63) is 24.3 Å². The lowest BCUT2D eigenvalue weighted by Gasteiger charge is -2.30. The Hall–Kier alpha value is -2.02. The molecule has 1 aromatic heterocycles. The second-order valence-corrected chi connectivity index (χ2v) is 7.05. The highest BCUT2D eigenvalue weighted by atomic mass is 32.2. The summed E-state index contributed by atoms with van der Waals surface area (Å²) in [5.41, 5.74) is 2.25. The summed E-state index contributed by atoms with van der Waals surface area (Å²) in [6, 6.07) is 8.41. The highest BCUT2D eigenvalue weighted by molar-refractivity contribution is 7.99. The smallest absolute Gasteiger partial charge is 0.233 e. The van der Waals surface area contributed by atoms with Crippen molar-refractivity contribution in [2.24, 2.45) is 7.05 Å². The number of benzene rings is 1. The van der Waals surface area contributed by atoms with Crippen LogP contribution in [0.5, 0.6) is 0 Å². The van der Waals surface area contributed by atoms with E-state index < -0.39 is 0 Å². The first-order valence-electron chi connectivity index (χ1n) is 8.79. The van der Waals surface area contributed by atoms with Gasteiger partial charge in [-0.3, -0.25) is 4.79 Å². The van der Waals surface area contributed by atoms with Gasteiger partial charge in [0.05, 0.1) is 5.75 Å². The summed E-state index contributed by atoms with van der Waals surface area (Å²) in [6.45, 7) is 8.08. The number of aromatic nitrogens is 3. The molecule has 1 aliphatic rings. The van der Waals surface area contributed by atoms with Gasteiger partial charge in [-0.05, 0) is 44.5 Å². The van der Waals surface area contributed by atoms with Crippen LogP contribution in [-0.4, -0.2) is 57.5 Å². The molecule has 0 bridgehead atoms. The predicted octanol–water partition coefficient (Wildman–Crippen LogP) is 2.65. The van der Waals surface area contributed by atoms with Gasteiger partial charge in [0.15, 0.2) is 11.0 Å². The number of hydrogen-bond acceptors (Lipinski definition) is 5. The van der Waals surface area contributed by atoms with Crippen molar-refractivity contribution in [2.45, 2.75) is 25.4 Å². The highest BCUT2D eigenvalue weighted by Gasteiger charge is 2.21. The zero-order chi connectivity index (χ0) is 17.8. The van der Waals surface area contributed by atoms with Crippen LogP contribution in [-0.2, 0) is 11.8 Å². The molecule has 0 saturated carbocycles. The maximum Gasteiger partial charge on any atom is 0.233 e. The summed E-state index contributed by atoms with van der Waals surface area (Å²) < 4.78 is 1.96. The largest absolute Gasteiger partial charge is 0.372 e. The molecule has 6 nitrogen and oxygen atoms in total. The van der Waals surface area contributed by atoms with Crippen LogP contribution < -0.4 is 4.90 Å². The van der Waals surface area contributed by atoms with Gasteiger partial charge >= 0.3 is 0 Å². The number of nitrogens with zero attached hydrogens (tertiary/aromatic N) is 5. The fraction of sp³-hybridized carbons (Fsp3) is 0.500. The van der Waals surface area contributed by atoms with Crippen molar-refractivity contribution >= 4 is 23.4 Å². The third-order valence-corrected chi connectivity index (χ3v) is 5.63. The van der Waals surface area contributed by atoms with Gasteiger partial charge in [-0.1, -0.05) is 11.8 Å². The quantitative estimate of drug-likeness (QED) is 0.712. The summed E-state index contributed by atoms with van der Waals surface area (Å²) in [6.07, 6.45) is 1.12. The molecule has 1 aromatic carbocycles. The minimum atomic E-state index is 0.185. The van der Waals surface area contributed by atoms with E-state index in [0.29, 0.717) is 5.75 Å². The van der Waals surface area contributed by atoms with Crippen molar-refractivity contribution in [1.29, 1.82) is 0 Å². The lowest BCUT2D eigenvalue weighted by molar-refractivity contribution is -0.131. The summed E-state index contributed by atoms with van der Waals surface area (Å²) in [5.74, 6) is 1.43. The van der Waals surface area contributed by atoms with E-state index in [9.17, 15) is 4.79 Å². The number of rotatable bonds is 7. The summed E-state index contributed by atoms with van der Waals surface area (Å²) in [5, 5.41) is 9.34. The van der Waals surface area contributed by atoms with E-state index in [0.717, 1.165) is 49.1 Å². The monoisotopic (exact) mass is 359 g/mol. The molecule has 7 heteroatoms. The van der Waals surface area contributed by atoms with E-state index in [2.05, 4.69) is 53.2 Å². The van der Waals surface area contributed by atoms with Crippen molar-refractivity contribution in [2.75, 3.05) is 36.8 Å². The van der Waals surface area contributed by atoms with Gasteiger partial charge < -0.3 is 14.4 Å². The molecular formula is C18H25N5OS. The van der Waals surface area contributed by atoms with E-state index in [4.69, 9.17) is 0 Å². The van der Waals surface area contributed by atoms with Crippen LogP contribution in [0.4, 0.5) is 5.69 Å². The fourth-order valence-corrected chi connectivity index (χ4v) is 3.70. The summed E-state index contributed by atoms with van der Waals surface area (Å²) in [4.78, 5) is 16.2. The maximum atomic E-state index is 12.0. The standard InChI is InChI=1S/C18H25N5OS/c1-4-22(5-2)15-9-7-14(8-10-15)17-19-20-18(21(17)3)25-13-16(24)23-11-6-12-23/h7-10H,4-6,11-13H2,1-3H3. The number of hydrogen-bond donors (Lipinski definition) is 0. The van der Waals surface area contributed by atoms with E-state index in [-0.39, 0.29) is 5.91 Å². The van der Waals surface area contributed by atoms with E-state index in [1.165, 1.54) is 17.4 Å². The molecule has 0 aliphatic carbocycles. The van der Waals surface area contributed by atoms with Crippen LogP contribution in [0.3, 0.4) is 0 Å². The van der Waals surface area contributed by atoms with Gasteiger partial charge in [-0.15, -0.1) is 10.2 Å². The fourth-order valence-electron chi connectivity index (χ4n) is 2.89. The number of carbonyl (C=O) groups excluding carboxylic acids is 1. The number of anilines is 1. The molecule has 25 heavy (non-hydrogen) atoms. The van der Waals surface area contributed by atoms with Crippen LogP contribution >= 0.6 is 11.8 Å². The molecule has 0 unspecified atom stereocenters. The lowest BCUT2D eigenvalue weighted by Crippen LogP contribution is -2.43. The van der Waals surface area contributed by atoms with Gasteiger partial charge in [-0.2, -0.15) is 0 Å². The Balaban J connectivity index is 1.68. The average Bonchev–Trinajstić information content (AvgIpc) is 2.94. The van der Waals surface area contributed by atoms with Crippen molar-refractivity contribution in [3.8, 4) is 11.4 Å². The Morgan fingerprint density at radius 1 is 1.16 bits per heavy atom. The van der Waals surface area contributed by atoms with Crippen LogP contribution in [0, 0.1) is 0 Å². The number of thioether (sulfide) groups is 1. The lowest BCUT2D eigenvalue weighted by atomic mass is 10.2. The zero-order valence-corrected chi connectivity index (χ0v) is 15.9. The molecule has 0 N–H and O–H groups in total. The highest BCUT2D eigenvalue weighted by Crippen LogP contribution is 2.25. The van der Waals surface area contributed by atoms with Crippen molar-refractivity contribution in [1.82, 2.24) is 19.7 Å². The molecule has 0 atom stereocenters. The normalized spacial score (nSPS) is 13.6. The third kappa shape index (κ3) is 3.81. The van der Waals surface area contributed by atoms with Gasteiger partial charge in [0.1, 0.15) is 0 Å². The van der Waals surface area contributed by atoms with E-state index >= 15 is 0 Å². The second kappa shape index (κ2) is 7.91. The number of likely N-dealkylation sites (tertiary alicyclic amines) is 1. The molecular weight excluding hydrogens is 334 g/mol. The van der Waals surface area contributed by atoms with Crippen molar-refractivity contribution < 1.29 is 4.79 Å². The zero-order valence-electron chi connectivity index (χ0n) is 15.1. The average molecular weight is 359 g/mol. The summed E-state index contributed by atoms with van der Waals surface area (Å²) in [7, 11) is 1.95. The predicted molar refractivity (Wildman–Crippen MR) is 102 cm³/mol. The summed E-state index contributed by atoms with van der Waals surface area (Å²) >= 11 is 1.45. The van der Waals surface area contributed by atoms with Crippen LogP contribution in [0.15, 0.2) is 29.4 Å². The molecule has 0 spiro atoms. The number of carbonyl (C=O) groups is 1. The Bertz CT molecular complexity index is 720. The first-order chi connectivity index (χ1) is 12.1. The molecule has 1 aliphatic heterocycles. The van der Waals surface area contributed by atoms with Crippen LogP contribution in [0.2, 0.25) is 0 Å². The van der Waals surface area contributed by atoms with Crippen molar-refractivity contribution in [3.63, 3.8) is 0 Å². The third-order valence-electron chi connectivity index (χ3n) is 4.62. The minimum absolute atomic E-state index is 0.185. The van der Waals surface area contributed by atoms with Gasteiger partial charge in [-0.25, -0.2) is 0 Å². The molecule has 3 rings (SSSR count). The number of amides is 1. The van der Waals surface area contributed by atoms with E-state index in [1.807, 2.05) is 16.5 Å². The minimum Gasteiger partial charge on any atom is -0.372 e. The topological polar surface area (TPSA) is 54.3 Å².